The number of aliphatic hydroxyl groups is 1. The Morgan fingerprint density at radius 3 is 2.59 bits per heavy atom. The highest BCUT2D eigenvalue weighted by Gasteiger charge is 2.43. The smallest absolute Gasteiger partial charge is 0.342 e. The van der Waals surface area contributed by atoms with Crippen molar-refractivity contribution >= 4 is 17.7 Å². The van der Waals surface area contributed by atoms with Gasteiger partial charge < -0.3 is 33.7 Å². The van der Waals surface area contributed by atoms with Gasteiger partial charge in [0.05, 0.1) is 6.10 Å². The molecule has 0 spiro atoms. The highest BCUT2D eigenvalue weighted by atomic mass is 16.8. The van der Waals surface area contributed by atoms with Crippen LogP contribution in [0.4, 0.5) is 5.69 Å². The summed E-state index contributed by atoms with van der Waals surface area (Å²) in [5.74, 6) is -1.05. The summed E-state index contributed by atoms with van der Waals surface area (Å²) in [7, 11) is 5.36. The first-order valence-electron chi connectivity index (χ1n) is 11.6. The summed E-state index contributed by atoms with van der Waals surface area (Å²) < 4.78 is 28.8. The molecule has 1 fully saturated rings. The van der Waals surface area contributed by atoms with Crippen molar-refractivity contribution in [3.63, 3.8) is 0 Å². The van der Waals surface area contributed by atoms with E-state index < -0.39 is 30.1 Å². The van der Waals surface area contributed by atoms with Crippen LogP contribution in [0, 0.1) is 5.92 Å². The Balaban J connectivity index is 2.09. The van der Waals surface area contributed by atoms with E-state index in [1.807, 2.05) is 71.0 Å². The van der Waals surface area contributed by atoms with Crippen LogP contribution in [0.1, 0.15) is 50.0 Å². The summed E-state index contributed by atoms with van der Waals surface area (Å²) in [6.45, 7) is 7.43. The maximum atomic E-state index is 13.3. The van der Waals surface area contributed by atoms with Gasteiger partial charge in [0.1, 0.15) is 29.6 Å². The highest BCUT2D eigenvalue weighted by molar-refractivity contribution is 5.97. The number of hydrogen-bond donors (Lipinski definition) is 1. The van der Waals surface area contributed by atoms with Gasteiger partial charge in [-0.05, 0) is 38.8 Å². The number of methoxy groups -OCH3 is 1. The van der Waals surface area contributed by atoms with E-state index in [2.05, 4.69) is 0 Å². The highest BCUT2D eigenvalue weighted by Crippen LogP contribution is 2.35. The number of anilines is 1. The molecule has 188 valence electrons. The summed E-state index contributed by atoms with van der Waals surface area (Å²) in [6, 6.07) is 3.71. The number of carbonyl (C=O) groups is 1. The molecule has 34 heavy (non-hydrogen) atoms. The quantitative estimate of drug-likeness (QED) is 0.400. The Morgan fingerprint density at radius 2 is 1.91 bits per heavy atom. The van der Waals surface area contributed by atoms with Crippen molar-refractivity contribution in [2.45, 2.75) is 64.3 Å². The van der Waals surface area contributed by atoms with Crippen LogP contribution in [0.15, 0.2) is 30.4 Å². The predicted molar refractivity (Wildman–Crippen MR) is 130 cm³/mol. The fraction of sp³-hybridized carbons (Fsp3) is 0.577. The summed E-state index contributed by atoms with van der Waals surface area (Å²) in [4.78, 5) is 15.3. The van der Waals surface area contributed by atoms with Crippen molar-refractivity contribution in [1.29, 1.82) is 0 Å². The van der Waals surface area contributed by atoms with E-state index in [4.69, 9.17) is 23.7 Å². The fourth-order valence-electron chi connectivity index (χ4n) is 4.02. The molecule has 0 bridgehead atoms. The third-order valence-corrected chi connectivity index (χ3v) is 6.04. The van der Waals surface area contributed by atoms with Gasteiger partial charge in [0.15, 0.2) is 12.6 Å². The number of cyclic esters (lactones) is 1. The molecular formula is C26H37NO7. The van der Waals surface area contributed by atoms with E-state index >= 15 is 0 Å². The molecular weight excluding hydrogens is 438 g/mol. The van der Waals surface area contributed by atoms with Gasteiger partial charge in [0.25, 0.3) is 0 Å². The van der Waals surface area contributed by atoms with E-state index in [1.165, 1.54) is 7.11 Å². The SMILES string of the molecule is COCOc1cc(N(C)C)cc2c1C(=O)O[C@@H](C)[C@H](C)/C=C\C(O)[C@H]1OC(C)(C)O[C@H]1C/C=C/2. The number of nitrogens with zero attached hydrogens (tertiary/aromatic N) is 1. The second-order valence-electron chi connectivity index (χ2n) is 9.48. The van der Waals surface area contributed by atoms with Crippen LogP contribution in [0.5, 0.6) is 5.75 Å². The van der Waals surface area contributed by atoms with Crippen LogP contribution >= 0.6 is 0 Å². The van der Waals surface area contributed by atoms with Gasteiger partial charge in [0, 0.05) is 38.9 Å². The second-order valence-corrected chi connectivity index (χ2v) is 9.48. The summed E-state index contributed by atoms with van der Waals surface area (Å²) in [6.07, 6.45) is 5.64. The molecule has 2 aliphatic rings. The number of rotatable bonds is 4. The zero-order chi connectivity index (χ0) is 25.0. The Morgan fingerprint density at radius 1 is 1.18 bits per heavy atom. The average molecular weight is 476 g/mol. The van der Waals surface area contributed by atoms with Gasteiger partial charge in [-0.1, -0.05) is 31.2 Å². The lowest BCUT2D eigenvalue weighted by atomic mass is 9.98. The molecule has 3 rings (SSSR count). The van der Waals surface area contributed by atoms with Gasteiger partial charge in [-0.3, -0.25) is 0 Å². The summed E-state index contributed by atoms with van der Waals surface area (Å²) in [5, 5.41) is 10.8. The zero-order valence-electron chi connectivity index (χ0n) is 21.1. The molecule has 5 atom stereocenters. The van der Waals surface area contributed by atoms with Crippen LogP contribution < -0.4 is 9.64 Å². The van der Waals surface area contributed by atoms with Crippen molar-refractivity contribution in [2.75, 3.05) is 32.9 Å². The van der Waals surface area contributed by atoms with Gasteiger partial charge >= 0.3 is 5.97 Å². The second kappa shape index (κ2) is 10.9. The van der Waals surface area contributed by atoms with Gasteiger partial charge in [-0.15, -0.1) is 0 Å². The number of hydrogen-bond acceptors (Lipinski definition) is 8. The van der Waals surface area contributed by atoms with E-state index in [-0.39, 0.29) is 18.8 Å². The van der Waals surface area contributed by atoms with Crippen molar-refractivity contribution in [3.8, 4) is 5.75 Å². The fourth-order valence-corrected chi connectivity index (χ4v) is 4.02. The molecule has 1 aromatic rings. The number of ether oxygens (including phenoxy) is 5. The van der Waals surface area contributed by atoms with Gasteiger partial charge in [-0.2, -0.15) is 0 Å². The van der Waals surface area contributed by atoms with Crippen molar-refractivity contribution in [2.24, 2.45) is 5.92 Å². The average Bonchev–Trinajstić information content (AvgIpc) is 3.08. The monoisotopic (exact) mass is 475 g/mol. The Kier molecular flexibility index (Phi) is 8.41. The number of benzene rings is 1. The van der Waals surface area contributed by atoms with Crippen molar-refractivity contribution in [1.82, 2.24) is 0 Å². The maximum Gasteiger partial charge on any atom is 0.342 e. The standard InChI is InChI=1S/C26H37NO7/c1-16-11-12-20(28)24-21(33-26(3,4)34-24)10-8-9-18-13-19(27(5)6)14-22(31-15-30-7)23(18)25(29)32-17(16)2/h8-9,11-14,16-17,20-21,24,28H,10,15H2,1-7H3/b9-8+,12-11-/t16-,17+,20?,21+,24-/m1/s1. The third-order valence-electron chi connectivity index (χ3n) is 6.04. The number of esters is 1. The molecule has 1 saturated heterocycles. The Hall–Kier alpha value is -2.39. The Labute approximate surface area is 202 Å². The minimum absolute atomic E-state index is 0.00306. The maximum absolute atomic E-state index is 13.3. The summed E-state index contributed by atoms with van der Waals surface area (Å²) in [5.41, 5.74) is 1.85. The zero-order valence-corrected chi connectivity index (χ0v) is 21.1. The Bertz CT molecular complexity index is 924. The van der Waals surface area contributed by atoms with Crippen molar-refractivity contribution < 1.29 is 33.6 Å². The lowest BCUT2D eigenvalue weighted by Gasteiger charge is -2.23. The molecule has 0 aromatic heterocycles. The molecule has 1 N–H and O–H groups in total. The first-order valence-corrected chi connectivity index (χ1v) is 11.6. The topological polar surface area (TPSA) is 86.7 Å². The molecule has 0 aliphatic carbocycles. The summed E-state index contributed by atoms with van der Waals surface area (Å²) >= 11 is 0. The first kappa shape index (κ1) is 26.2. The molecule has 2 heterocycles. The molecule has 8 heteroatoms. The molecule has 0 saturated carbocycles. The minimum Gasteiger partial charge on any atom is -0.467 e. The predicted octanol–water partition coefficient (Wildman–Crippen LogP) is 3.77. The van der Waals surface area contributed by atoms with E-state index in [9.17, 15) is 9.90 Å². The normalized spacial score (nSPS) is 30.9. The van der Waals surface area contributed by atoms with Crippen molar-refractivity contribution in [3.05, 3.63) is 41.5 Å². The molecule has 0 amide bonds. The largest absolute Gasteiger partial charge is 0.467 e. The van der Waals surface area contributed by atoms with Gasteiger partial charge in [0.2, 0.25) is 0 Å². The van der Waals surface area contributed by atoms with Crippen LogP contribution in [-0.4, -0.2) is 69.3 Å². The van der Waals surface area contributed by atoms with E-state index in [0.29, 0.717) is 23.3 Å². The third kappa shape index (κ3) is 6.18. The number of fused-ring (bicyclic) bond motifs is 2. The lowest BCUT2D eigenvalue weighted by Crippen LogP contribution is -2.34. The van der Waals surface area contributed by atoms with Gasteiger partial charge in [-0.25, -0.2) is 4.79 Å². The number of aliphatic hydroxyl groups excluding tert-OH is 1. The molecule has 1 aromatic carbocycles. The molecule has 8 nitrogen and oxygen atoms in total. The van der Waals surface area contributed by atoms with Crippen LogP contribution in [-0.2, 0) is 18.9 Å². The van der Waals surface area contributed by atoms with E-state index in [1.54, 1.807) is 12.1 Å². The number of carbonyl (C=O) groups excluding carboxylic acids is 1. The first-order chi connectivity index (χ1) is 16.0. The molecule has 1 unspecified atom stereocenters. The molecule has 2 aliphatic heterocycles. The lowest BCUT2D eigenvalue weighted by molar-refractivity contribution is -0.152. The minimum atomic E-state index is -0.852. The molecule has 0 radical (unpaired) electrons. The van der Waals surface area contributed by atoms with Crippen LogP contribution in [0.25, 0.3) is 6.08 Å². The van der Waals surface area contributed by atoms with Crippen LogP contribution in [0.2, 0.25) is 0 Å². The van der Waals surface area contributed by atoms with Crippen LogP contribution in [0.3, 0.4) is 0 Å². The van der Waals surface area contributed by atoms with E-state index in [0.717, 1.165) is 5.69 Å².